The Morgan fingerprint density at radius 2 is 1.62 bits per heavy atom. The molecule has 0 saturated carbocycles. The molecule has 2 heterocycles. The molecule has 0 saturated heterocycles. The zero-order valence-corrected chi connectivity index (χ0v) is 20.0. The molecule has 1 amide bonds. The zero-order chi connectivity index (χ0) is 25.4. The van der Waals surface area contributed by atoms with Crippen LogP contribution < -0.4 is 10.6 Å². The number of aromatic nitrogens is 1. The first kappa shape index (κ1) is 22.6. The van der Waals surface area contributed by atoms with Crippen LogP contribution >= 0.6 is 12.2 Å². The molecule has 0 bridgehead atoms. The number of hydrogen-bond donors (Lipinski definition) is 2. The van der Waals surface area contributed by atoms with E-state index in [4.69, 9.17) is 21.1 Å². The number of anilines is 1. The summed E-state index contributed by atoms with van der Waals surface area (Å²) in [7, 11) is 0. The van der Waals surface area contributed by atoms with Crippen LogP contribution in [0.15, 0.2) is 106 Å². The molecule has 4 aromatic carbocycles. The van der Waals surface area contributed by atoms with Gasteiger partial charge < -0.3 is 14.2 Å². The third-order valence-corrected chi connectivity index (χ3v) is 6.07. The topological polar surface area (TPSA) is 80.3 Å². The van der Waals surface area contributed by atoms with Gasteiger partial charge in [0.05, 0.1) is 5.56 Å². The maximum absolute atomic E-state index is 14.0. The Morgan fingerprint density at radius 1 is 0.838 bits per heavy atom. The Hall–Kier alpha value is -4.82. The minimum atomic E-state index is -0.555. The highest BCUT2D eigenvalue weighted by molar-refractivity contribution is 7.80. The lowest BCUT2D eigenvalue weighted by molar-refractivity contribution is 0.0951. The van der Waals surface area contributed by atoms with Crippen molar-refractivity contribution in [3.05, 3.63) is 109 Å². The van der Waals surface area contributed by atoms with Gasteiger partial charge in [0.25, 0.3) is 5.91 Å². The van der Waals surface area contributed by atoms with E-state index in [2.05, 4.69) is 15.6 Å². The van der Waals surface area contributed by atoms with E-state index in [0.717, 1.165) is 16.3 Å². The molecule has 37 heavy (non-hydrogen) atoms. The van der Waals surface area contributed by atoms with Crippen molar-refractivity contribution in [2.75, 3.05) is 5.32 Å². The number of carbonyl (C=O) groups excluding carboxylic acids is 1. The van der Waals surface area contributed by atoms with Gasteiger partial charge in [-0.1, -0.05) is 48.5 Å². The Balaban J connectivity index is 1.18. The van der Waals surface area contributed by atoms with Crippen LogP contribution in [0.3, 0.4) is 0 Å². The Labute approximate surface area is 215 Å². The van der Waals surface area contributed by atoms with Crippen molar-refractivity contribution in [3.8, 4) is 22.8 Å². The highest BCUT2D eigenvalue weighted by atomic mass is 32.1. The van der Waals surface area contributed by atoms with Crippen molar-refractivity contribution in [2.45, 2.75) is 0 Å². The number of amides is 1. The van der Waals surface area contributed by atoms with E-state index in [1.807, 2.05) is 42.5 Å². The van der Waals surface area contributed by atoms with Crippen molar-refractivity contribution in [2.24, 2.45) is 0 Å². The summed E-state index contributed by atoms with van der Waals surface area (Å²) in [6, 6.07) is 28.6. The number of nitrogens with one attached hydrogen (secondary N) is 2. The van der Waals surface area contributed by atoms with Crippen molar-refractivity contribution >= 4 is 50.8 Å². The van der Waals surface area contributed by atoms with Crippen LogP contribution in [0.5, 0.6) is 0 Å². The fourth-order valence-corrected chi connectivity index (χ4v) is 4.34. The maximum atomic E-state index is 14.0. The number of carbonyl (C=O) groups is 1. The average molecular weight is 508 g/mol. The molecular weight excluding hydrogens is 489 g/mol. The summed E-state index contributed by atoms with van der Waals surface area (Å²) in [5.74, 6) is -0.216. The molecule has 0 fully saturated rings. The van der Waals surface area contributed by atoms with Gasteiger partial charge in [-0.05, 0) is 71.5 Å². The van der Waals surface area contributed by atoms with E-state index in [0.29, 0.717) is 22.7 Å². The minimum absolute atomic E-state index is 0.00841. The van der Waals surface area contributed by atoms with Gasteiger partial charge in [-0.15, -0.1) is 0 Å². The summed E-state index contributed by atoms with van der Waals surface area (Å²) in [6.07, 6.45) is 0. The quantitative estimate of drug-likeness (QED) is 0.246. The van der Waals surface area contributed by atoms with Crippen LogP contribution in [0.25, 0.3) is 44.7 Å². The van der Waals surface area contributed by atoms with Gasteiger partial charge in [-0.2, -0.15) is 0 Å². The lowest BCUT2D eigenvalue weighted by Crippen LogP contribution is -2.33. The summed E-state index contributed by atoms with van der Waals surface area (Å²) in [5, 5.41) is 7.78. The number of furan rings is 1. The second kappa shape index (κ2) is 9.33. The zero-order valence-electron chi connectivity index (χ0n) is 19.2. The molecular formula is C29H18FN3O3S. The molecule has 180 valence electrons. The van der Waals surface area contributed by atoms with Crippen LogP contribution in [-0.4, -0.2) is 16.0 Å². The first-order valence-corrected chi connectivity index (χ1v) is 11.8. The molecule has 6 aromatic rings. The van der Waals surface area contributed by atoms with E-state index < -0.39 is 11.7 Å². The number of nitrogens with zero attached hydrogens (tertiary/aromatic N) is 1. The first-order chi connectivity index (χ1) is 18.0. The van der Waals surface area contributed by atoms with Crippen molar-refractivity contribution < 1.29 is 18.0 Å². The van der Waals surface area contributed by atoms with Gasteiger partial charge >= 0.3 is 0 Å². The van der Waals surface area contributed by atoms with Crippen LogP contribution in [-0.2, 0) is 0 Å². The number of halogens is 1. The van der Waals surface area contributed by atoms with Crippen LogP contribution in [0.4, 0.5) is 10.1 Å². The fraction of sp³-hybridized carbons (Fsp3) is 0. The molecule has 6 rings (SSSR count). The lowest BCUT2D eigenvalue weighted by Gasteiger charge is -2.08. The second-order valence-corrected chi connectivity index (χ2v) is 8.69. The predicted octanol–water partition coefficient (Wildman–Crippen LogP) is 7.17. The van der Waals surface area contributed by atoms with Crippen molar-refractivity contribution in [3.63, 3.8) is 0 Å². The van der Waals surface area contributed by atoms with Crippen LogP contribution in [0.2, 0.25) is 0 Å². The summed E-state index contributed by atoms with van der Waals surface area (Å²) in [6.45, 7) is 0. The van der Waals surface area contributed by atoms with Gasteiger partial charge in [0.1, 0.15) is 17.1 Å². The number of oxazole rings is 1. The monoisotopic (exact) mass is 507 g/mol. The normalized spacial score (nSPS) is 11.1. The van der Waals surface area contributed by atoms with Crippen molar-refractivity contribution in [1.29, 1.82) is 0 Å². The largest absolute Gasteiger partial charge is 0.451 e. The molecule has 0 radical (unpaired) electrons. The van der Waals surface area contributed by atoms with Crippen molar-refractivity contribution in [1.82, 2.24) is 10.3 Å². The number of benzene rings is 4. The third kappa shape index (κ3) is 4.46. The summed E-state index contributed by atoms with van der Waals surface area (Å²) in [4.78, 5) is 17.3. The third-order valence-electron chi connectivity index (χ3n) is 5.86. The summed E-state index contributed by atoms with van der Waals surface area (Å²) in [5.41, 5.74) is 3.07. The highest BCUT2D eigenvalue weighted by Gasteiger charge is 2.16. The van der Waals surface area contributed by atoms with Gasteiger partial charge in [0, 0.05) is 11.3 Å². The predicted molar refractivity (Wildman–Crippen MR) is 145 cm³/mol. The molecule has 8 heteroatoms. The Morgan fingerprint density at radius 3 is 2.51 bits per heavy atom. The Bertz CT molecular complexity index is 1800. The van der Waals surface area contributed by atoms with E-state index in [1.165, 1.54) is 18.2 Å². The fourth-order valence-electron chi connectivity index (χ4n) is 4.13. The highest BCUT2D eigenvalue weighted by Crippen LogP contribution is 2.31. The van der Waals surface area contributed by atoms with Gasteiger partial charge in [0.15, 0.2) is 16.5 Å². The molecule has 0 unspecified atom stereocenters. The lowest BCUT2D eigenvalue weighted by atomic mass is 10.0. The summed E-state index contributed by atoms with van der Waals surface area (Å²) < 4.78 is 25.6. The SMILES string of the molecule is O=C(NC(=S)Nc1ccc2oc(-c3cccc4ccccc34)nc2c1)c1ccc(-c2ccccc2F)o1. The van der Waals surface area contributed by atoms with E-state index in [-0.39, 0.29) is 22.2 Å². The number of thiocarbonyl (C=S) groups is 1. The van der Waals surface area contributed by atoms with E-state index in [9.17, 15) is 9.18 Å². The van der Waals surface area contributed by atoms with Crippen LogP contribution in [0.1, 0.15) is 10.6 Å². The smallest absolute Gasteiger partial charge is 0.293 e. The standard InChI is InChI=1S/C29H18FN3O3S/c30-22-11-4-3-9-21(22)24-14-15-26(35-24)27(34)33-29(37)31-18-12-13-25-23(16-18)32-28(36-25)20-10-5-7-17-6-1-2-8-19(17)20/h1-16H,(H2,31,33,34,37). The summed E-state index contributed by atoms with van der Waals surface area (Å²) >= 11 is 5.30. The van der Waals surface area contributed by atoms with Gasteiger partial charge in [-0.3, -0.25) is 10.1 Å². The average Bonchev–Trinajstić information content (AvgIpc) is 3.56. The number of hydrogen-bond acceptors (Lipinski definition) is 5. The molecule has 0 spiro atoms. The first-order valence-electron chi connectivity index (χ1n) is 11.4. The van der Waals surface area contributed by atoms with Gasteiger partial charge in [-0.25, -0.2) is 9.37 Å². The van der Waals surface area contributed by atoms with Crippen LogP contribution in [0, 0.1) is 5.82 Å². The molecule has 0 atom stereocenters. The molecule has 0 aliphatic carbocycles. The molecule has 6 nitrogen and oxygen atoms in total. The minimum Gasteiger partial charge on any atom is -0.451 e. The Kier molecular flexibility index (Phi) is 5.71. The number of rotatable bonds is 4. The van der Waals surface area contributed by atoms with E-state index >= 15 is 0 Å². The molecule has 0 aliphatic heterocycles. The molecule has 2 aromatic heterocycles. The molecule has 0 aliphatic rings. The van der Waals surface area contributed by atoms with E-state index in [1.54, 1.807) is 36.4 Å². The second-order valence-electron chi connectivity index (χ2n) is 8.28. The molecule has 2 N–H and O–H groups in total. The number of fused-ring (bicyclic) bond motifs is 2. The van der Waals surface area contributed by atoms with Gasteiger partial charge in [0.2, 0.25) is 5.89 Å². The maximum Gasteiger partial charge on any atom is 0.293 e.